The maximum Gasteiger partial charge on any atom is 0.145 e. The second kappa shape index (κ2) is 4.28. The smallest absolute Gasteiger partial charge is 0.145 e. The van der Waals surface area contributed by atoms with Gasteiger partial charge in [-0.3, -0.25) is 4.68 Å². The highest BCUT2D eigenvalue weighted by Gasteiger charge is 2.04. The molecule has 0 aliphatic carbocycles. The lowest BCUT2D eigenvalue weighted by Gasteiger charge is -2.00. The summed E-state index contributed by atoms with van der Waals surface area (Å²) in [6.45, 7) is 0.682. The third-order valence-corrected chi connectivity index (χ3v) is 2.61. The molecule has 74 valence electrons. The van der Waals surface area contributed by atoms with E-state index in [1.807, 2.05) is 30.3 Å². The Kier molecular flexibility index (Phi) is 2.84. The molecule has 0 fully saturated rings. The van der Waals surface area contributed by atoms with E-state index in [1.165, 1.54) is 0 Å². The highest BCUT2D eigenvalue weighted by Crippen LogP contribution is 2.13. The summed E-state index contributed by atoms with van der Waals surface area (Å²) in [7, 11) is 0. The predicted octanol–water partition coefficient (Wildman–Crippen LogP) is 2.57. The molecule has 0 saturated carbocycles. The van der Waals surface area contributed by atoms with E-state index in [-0.39, 0.29) is 0 Å². The topological polar surface area (TPSA) is 41.6 Å². The average molecular weight is 262 g/mol. The van der Waals surface area contributed by atoms with Crippen molar-refractivity contribution in [1.82, 2.24) is 9.78 Å². The van der Waals surface area contributed by atoms with E-state index in [0.29, 0.717) is 16.7 Å². The zero-order valence-corrected chi connectivity index (χ0v) is 9.48. The van der Waals surface area contributed by atoms with Gasteiger partial charge in [0.2, 0.25) is 0 Å². The molecule has 0 aliphatic rings. The van der Waals surface area contributed by atoms with Gasteiger partial charge in [0.1, 0.15) is 16.2 Å². The van der Waals surface area contributed by atoms with Gasteiger partial charge in [0.25, 0.3) is 0 Å². The molecule has 0 radical (unpaired) electrons. The summed E-state index contributed by atoms with van der Waals surface area (Å²) in [6, 6.07) is 12.1. The van der Waals surface area contributed by atoms with Crippen LogP contribution in [0.4, 0.5) is 0 Å². The van der Waals surface area contributed by atoms with Gasteiger partial charge in [0, 0.05) is 6.20 Å². The molecular formula is C11H8BrN3. The summed E-state index contributed by atoms with van der Waals surface area (Å²) < 4.78 is 2.35. The van der Waals surface area contributed by atoms with Crippen LogP contribution in [0.5, 0.6) is 0 Å². The molecule has 0 amide bonds. The van der Waals surface area contributed by atoms with Gasteiger partial charge >= 0.3 is 0 Å². The van der Waals surface area contributed by atoms with Crippen LogP contribution in [0, 0.1) is 11.3 Å². The molecule has 0 spiro atoms. The van der Waals surface area contributed by atoms with Crippen LogP contribution in [0.25, 0.3) is 0 Å². The Morgan fingerprint density at radius 2 is 2.07 bits per heavy atom. The number of hydrogen-bond acceptors (Lipinski definition) is 2. The van der Waals surface area contributed by atoms with Crippen LogP contribution < -0.4 is 0 Å². The molecule has 0 atom stereocenters. The van der Waals surface area contributed by atoms with Gasteiger partial charge in [-0.25, -0.2) is 0 Å². The van der Waals surface area contributed by atoms with Gasteiger partial charge in [0.15, 0.2) is 0 Å². The van der Waals surface area contributed by atoms with Gasteiger partial charge in [-0.15, -0.1) is 0 Å². The first-order valence-electron chi connectivity index (χ1n) is 4.46. The minimum absolute atomic E-state index is 0.561. The van der Waals surface area contributed by atoms with Crippen LogP contribution in [-0.4, -0.2) is 9.78 Å². The number of aromatic nitrogens is 2. The maximum atomic E-state index is 8.76. The Morgan fingerprint density at radius 1 is 1.33 bits per heavy atom. The third kappa shape index (κ3) is 2.25. The summed E-state index contributed by atoms with van der Waals surface area (Å²) in [6.07, 6.45) is 1.73. The van der Waals surface area contributed by atoms with Crippen molar-refractivity contribution >= 4 is 15.9 Å². The number of nitriles is 1. The Balaban J connectivity index is 2.23. The molecule has 1 aromatic carbocycles. The number of hydrogen-bond donors (Lipinski definition) is 0. The number of benzene rings is 1. The molecule has 1 aromatic heterocycles. The molecule has 1 heterocycles. The van der Waals surface area contributed by atoms with Crippen LogP contribution in [-0.2, 0) is 6.54 Å². The first kappa shape index (κ1) is 9.94. The van der Waals surface area contributed by atoms with Gasteiger partial charge in [-0.1, -0.05) is 30.3 Å². The van der Waals surface area contributed by atoms with Gasteiger partial charge in [-0.05, 0) is 21.5 Å². The first-order chi connectivity index (χ1) is 7.29. The van der Waals surface area contributed by atoms with E-state index in [4.69, 9.17) is 5.26 Å². The van der Waals surface area contributed by atoms with Crippen molar-refractivity contribution in [3.8, 4) is 6.07 Å². The summed E-state index contributed by atoms with van der Waals surface area (Å²) >= 11 is 3.24. The van der Waals surface area contributed by atoms with E-state index in [0.717, 1.165) is 5.56 Å². The van der Waals surface area contributed by atoms with Crippen LogP contribution in [0.15, 0.2) is 41.1 Å². The normalized spacial score (nSPS) is 9.87. The van der Waals surface area contributed by atoms with E-state index >= 15 is 0 Å². The van der Waals surface area contributed by atoms with E-state index < -0.39 is 0 Å². The molecule has 0 unspecified atom stereocenters. The lowest BCUT2D eigenvalue weighted by Crippen LogP contribution is -1.99. The number of nitrogens with zero attached hydrogens (tertiary/aromatic N) is 3. The monoisotopic (exact) mass is 261 g/mol. The minimum Gasteiger partial charge on any atom is -0.266 e. The Morgan fingerprint density at radius 3 is 2.67 bits per heavy atom. The van der Waals surface area contributed by atoms with Crippen LogP contribution >= 0.6 is 15.9 Å². The average Bonchev–Trinajstić information content (AvgIpc) is 2.60. The summed E-state index contributed by atoms with van der Waals surface area (Å²) in [5, 5.41) is 13.0. The standard InChI is InChI=1S/C11H8BrN3/c12-11-10(6-13)8-15(14-11)7-9-4-2-1-3-5-9/h1-5,8H,7H2. The molecule has 0 aliphatic heterocycles. The molecule has 3 nitrogen and oxygen atoms in total. The third-order valence-electron chi connectivity index (χ3n) is 2.02. The van der Waals surface area contributed by atoms with Crippen LogP contribution in [0.3, 0.4) is 0 Å². The zero-order valence-electron chi connectivity index (χ0n) is 7.89. The molecule has 2 aromatic rings. The van der Waals surface area contributed by atoms with Crippen molar-refractivity contribution in [3.05, 3.63) is 52.3 Å². The van der Waals surface area contributed by atoms with E-state index in [1.54, 1.807) is 10.9 Å². The molecule has 0 N–H and O–H groups in total. The fourth-order valence-electron chi connectivity index (χ4n) is 1.32. The van der Waals surface area contributed by atoms with E-state index in [9.17, 15) is 0 Å². The Hall–Kier alpha value is -1.60. The molecular weight excluding hydrogens is 254 g/mol. The Labute approximate surface area is 96.1 Å². The zero-order chi connectivity index (χ0) is 10.7. The lowest BCUT2D eigenvalue weighted by molar-refractivity contribution is 0.682. The van der Waals surface area contributed by atoms with Gasteiger partial charge < -0.3 is 0 Å². The molecule has 0 saturated heterocycles. The summed E-state index contributed by atoms with van der Waals surface area (Å²) in [4.78, 5) is 0. The lowest BCUT2D eigenvalue weighted by atomic mass is 10.2. The van der Waals surface area contributed by atoms with Crippen molar-refractivity contribution in [2.24, 2.45) is 0 Å². The van der Waals surface area contributed by atoms with Crippen LogP contribution in [0.1, 0.15) is 11.1 Å². The van der Waals surface area contributed by atoms with E-state index in [2.05, 4.69) is 27.1 Å². The predicted molar refractivity (Wildman–Crippen MR) is 60.2 cm³/mol. The first-order valence-corrected chi connectivity index (χ1v) is 5.26. The number of rotatable bonds is 2. The number of halogens is 1. The van der Waals surface area contributed by atoms with Gasteiger partial charge in [-0.2, -0.15) is 10.4 Å². The molecule has 15 heavy (non-hydrogen) atoms. The summed E-state index contributed by atoms with van der Waals surface area (Å²) in [5.74, 6) is 0. The second-order valence-electron chi connectivity index (χ2n) is 3.13. The maximum absolute atomic E-state index is 8.76. The highest BCUT2D eigenvalue weighted by atomic mass is 79.9. The molecule has 2 rings (SSSR count). The quantitative estimate of drug-likeness (QED) is 0.834. The SMILES string of the molecule is N#Cc1cn(Cc2ccccc2)nc1Br. The largest absolute Gasteiger partial charge is 0.266 e. The fraction of sp³-hybridized carbons (Fsp3) is 0.0909. The fourth-order valence-corrected chi connectivity index (χ4v) is 1.72. The van der Waals surface area contributed by atoms with Crippen molar-refractivity contribution in [3.63, 3.8) is 0 Å². The van der Waals surface area contributed by atoms with Crippen molar-refractivity contribution in [1.29, 1.82) is 5.26 Å². The van der Waals surface area contributed by atoms with Crippen molar-refractivity contribution in [2.45, 2.75) is 6.54 Å². The highest BCUT2D eigenvalue weighted by molar-refractivity contribution is 9.10. The Bertz CT molecular complexity index is 496. The van der Waals surface area contributed by atoms with Gasteiger partial charge in [0.05, 0.1) is 6.54 Å². The molecule has 0 bridgehead atoms. The minimum atomic E-state index is 0.561. The molecule has 4 heteroatoms. The van der Waals surface area contributed by atoms with Crippen molar-refractivity contribution < 1.29 is 0 Å². The summed E-state index contributed by atoms with van der Waals surface area (Å²) in [5.41, 5.74) is 1.72. The van der Waals surface area contributed by atoms with Crippen LogP contribution in [0.2, 0.25) is 0 Å². The van der Waals surface area contributed by atoms with Crippen molar-refractivity contribution in [2.75, 3.05) is 0 Å². The second-order valence-corrected chi connectivity index (χ2v) is 3.88.